The van der Waals surface area contributed by atoms with Gasteiger partial charge < -0.3 is 4.74 Å². The zero-order chi connectivity index (χ0) is 18.8. The molecule has 1 aromatic rings. The number of Topliss-reactive ketones (excluding diaryl/α,β-unsaturated/α-hetero) is 1. The van der Waals surface area contributed by atoms with Crippen molar-refractivity contribution in [1.29, 1.82) is 0 Å². The molecule has 0 saturated heterocycles. The summed E-state index contributed by atoms with van der Waals surface area (Å²) < 4.78 is 4.24. The molecule has 0 amide bonds. The molecule has 25 heavy (non-hydrogen) atoms. The van der Waals surface area contributed by atoms with E-state index in [1.54, 1.807) is 0 Å². The van der Waals surface area contributed by atoms with Crippen LogP contribution in [0.25, 0.3) is 0 Å². The number of benzene rings is 1. The summed E-state index contributed by atoms with van der Waals surface area (Å²) in [5.74, 6) is -0.0810. The molecule has 0 aliphatic heterocycles. The molecule has 0 fully saturated rings. The van der Waals surface area contributed by atoms with Crippen molar-refractivity contribution in [3.8, 4) is 0 Å². The van der Waals surface area contributed by atoms with Gasteiger partial charge >= 0.3 is 5.97 Å². The highest BCUT2D eigenvalue weighted by Crippen LogP contribution is 2.42. The van der Waals surface area contributed by atoms with E-state index in [4.69, 9.17) is 4.74 Å². The van der Waals surface area contributed by atoms with Gasteiger partial charge in [-0.2, -0.15) is 0 Å². The van der Waals surface area contributed by atoms with E-state index in [1.807, 2.05) is 26.0 Å². The average molecular weight is 407 g/mol. The van der Waals surface area contributed by atoms with Crippen LogP contribution in [-0.2, 0) is 14.9 Å². The van der Waals surface area contributed by atoms with E-state index >= 15 is 0 Å². The quantitative estimate of drug-likeness (QED) is 0.286. The maximum Gasteiger partial charge on any atom is 0.309 e. The highest BCUT2D eigenvalue weighted by atomic mass is 79.9. The molecule has 0 saturated carbocycles. The van der Waals surface area contributed by atoms with Gasteiger partial charge in [0.2, 0.25) is 0 Å². The minimum Gasteiger partial charge on any atom is -0.469 e. The van der Waals surface area contributed by atoms with Gasteiger partial charge in [0.15, 0.2) is 5.78 Å². The smallest absolute Gasteiger partial charge is 0.309 e. The number of hydrogen-bond acceptors (Lipinski definition) is 3. The maximum absolute atomic E-state index is 12.4. The second-order valence-electron chi connectivity index (χ2n) is 7.75. The van der Waals surface area contributed by atoms with Gasteiger partial charge in [0.25, 0.3) is 0 Å². The normalized spacial score (nSPS) is 21.2. The average Bonchev–Trinajstić information content (AvgIpc) is 2.56. The fraction of sp³-hybridized carbons (Fsp3) is 0.524. The molecule has 0 bridgehead atoms. The van der Waals surface area contributed by atoms with Crippen molar-refractivity contribution in [1.82, 2.24) is 0 Å². The Bertz CT molecular complexity index is 695. The van der Waals surface area contributed by atoms with Crippen molar-refractivity contribution in [3.63, 3.8) is 0 Å². The number of carbonyl (C=O) groups excluding carboxylic acids is 2. The molecule has 0 radical (unpaired) electrons. The van der Waals surface area contributed by atoms with Gasteiger partial charge in [-0.25, -0.2) is 0 Å². The molecule has 0 aromatic heterocycles. The van der Waals surface area contributed by atoms with Gasteiger partial charge in [-0.1, -0.05) is 58.3 Å². The maximum atomic E-state index is 12.4. The van der Waals surface area contributed by atoms with Crippen molar-refractivity contribution in [2.75, 3.05) is 7.11 Å². The number of methoxy groups -OCH3 is 1. The number of alkyl halides is 1. The predicted molar refractivity (Wildman–Crippen MR) is 104 cm³/mol. The van der Waals surface area contributed by atoms with Crippen molar-refractivity contribution in [2.45, 2.75) is 63.1 Å². The first-order chi connectivity index (χ1) is 11.6. The molecule has 1 atom stereocenters. The van der Waals surface area contributed by atoms with Crippen molar-refractivity contribution < 1.29 is 14.3 Å². The number of esters is 1. The molecule has 2 rings (SSSR count). The Hall–Kier alpha value is -1.42. The molecule has 0 N–H and O–H groups in total. The number of hydrogen-bond donors (Lipinski definition) is 0. The molecule has 1 aromatic carbocycles. The van der Waals surface area contributed by atoms with E-state index in [0.717, 1.165) is 24.8 Å². The Morgan fingerprint density at radius 3 is 2.32 bits per heavy atom. The first kappa shape index (κ1) is 19.9. The Balaban J connectivity index is 2.19. The molecule has 3 nitrogen and oxygen atoms in total. The van der Waals surface area contributed by atoms with E-state index in [1.165, 1.54) is 23.8 Å². The highest BCUT2D eigenvalue weighted by Gasteiger charge is 2.32. The SMILES string of the molecule is COC(=O)CC1=C(C)CC(C)(c2ccc(C(=O)C(C)(C)Br)cc2)CC1. The summed E-state index contributed by atoms with van der Waals surface area (Å²) in [4.78, 5) is 23.9. The largest absolute Gasteiger partial charge is 0.469 e. The van der Waals surface area contributed by atoms with Crippen LogP contribution >= 0.6 is 15.9 Å². The van der Waals surface area contributed by atoms with Gasteiger partial charge in [0.1, 0.15) is 0 Å². The van der Waals surface area contributed by atoms with Gasteiger partial charge in [0.05, 0.1) is 17.9 Å². The van der Waals surface area contributed by atoms with Gasteiger partial charge in [-0.05, 0) is 51.0 Å². The topological polar surface area (TPSA) is 43.4 Å². The Kier molecular flexibility index (Phi) is 5.93. The van der Waals surface area contributed by atoms with Gasteiger partial charge in [-0.3, -0.25) is 9.59 Å². The van der Waals surface area contributed by atoms with Crippen LogP contribution in [0.4, 0.5) is 0 Å². The summed E-state index contributed by atoms with van der Waals surface area (Å²) >= 11 is 3.43. The van der Waals surface area contributed by atoms with Crippen LogP contribution in [0.5, 0.6) is 0 Å². The van der Waals surface area contributed by atoms with E-state index in [9.17, 15) is 9.59 Å². The second kappa shape index (κ2) is 7.45. The van der Waals surface area contributed by atoms with Crippen LogP contribution in [-0.4, -0.2) is 23.2 Å². The van der Waals surface area contributed by atoms with Crippen LogP contribution in [0, 0.1) is 0 Å². The number of carbonyl (C=O) groups is 2. The Morgan fingerprint density at radius 2 is 1.84 bits per heavy atom. The molecule has 4 heteroatoms. The summed E-state index contributed by atoms with van der Waals surface area (Å²) in [5, 5.41) is 0. The lowest BCUT2D eigenvalue weighted by molar-refractivity contribution is -0.139. The molecular formula is C21H27BrO3. The van der Waals surface area contributed by atoms with E-state index in [2.05, 4.69) is 41.9 Å². The molecule has 1 aliphatic rings. The Labute approximate surface area is 159 Å². The monoisotopic (exact) mass is 406 g/mol. The third kappa shape index (κ3) is 4.60. The van der Waals surface area contributed by atoms with Gasteiger partial charge in [-0.15, -0.1) is 0 Å². The summed E-state index contributed by atoms with van der Waals surface area (Å²) in [6.45, 7) is 8.10. The first-order valence-corrected chi connectivity index (χ1v) is 9.45. The lowest BCUT2D eigenvalue weighted by Gasteiger charge is -2.36. The summed E-state index contributed by atoms with van der Waals surface area (Å²) in [6, 6.07) is 8.00. The fourth-order valence-corrected chi connectivity index (χ4v) is 3.77. The summed E-state index contributed by atoms with van der Waals surface area (Å²) in [7, 11) is 1.43. The third-order valence-corrected chi connectivity index (χ3v) is 5.57. The zero-order valence-corrected chi connectivity index (χ0v) is 17.3. The van der Waals surface area contributed by atoms with Crippen molar-refractivity contribution in [3.05, 3.63) is 46.5 Å². The number of allylic oxidation sites excluding steroid dienone is 1. The Morgan fingerprint density at radius 1 is 1.24 bits per heavy atom. The van der Waals surface area contributed by atoms with E-state index < -0.39 is 4.32 Å². The molecule has 0 heterocycles. The lowest BCUT2D eigenvalue weighted by atomic mass is 9.68. The fourth-order valence-electron chi connectivity index (χ4n) is 3.54. The number of ketones is 1. The number of rotatable bonds is 5. The third-order valence-electron chi connectivity index (χ3n) is 5.21. The minimum atomic E-state index is -0.550. The molecule has 0 spiro atoms. The minimum absolute atomic E-state index is 0.0369. The molecule has 136 valence electrons. The summed E-state index contributed by atoms with van der Waals surface area (Å²) in [5.41, 5.74) is 4.49. The van der Waals surface area contributed by atoms with Crippen molar-refractivity contribution >= 4 is 27.7 Å². The second-order valence-corrected chi connectivity index (χ2v) is 9.74. The highest BCUT2D eigenvalue weighted by molar-refractivity contribution is 9.10. The zero-order valence-electron chi connectivity index (χ0n) is 15.7. The molecule has 1 aliphatic carbocycles. The van der Waals surface area contributed by atoms with Crippen LogP contribution in [0.2, 0.25) is 0 Å². The number of halogens is 1. The van der Waals surface area contributed by atoms with Crippen molar-refractivity contribution in [2.24, 2.45) is 0 Å². The predicted octanol–water partition coefficient (Wildman–Crippen LogP) is 5.36. The summed E-state index contributed by atoms with van der Waals surface area (Å²) in [6.07, 6.45) is 3.23. The first-order valence-electron chi connectivity index (χ1n) is 8.65. The van der Waals surface area contributed by atoms with Crippen LogP contribution in [0.3, 0.4) is 0 Å². The van der Waals surface area contributed by atoms with Crippen LogP contribution < -0.4 is 0 Å². The number of ether oxygens (including phenoxy) is 1. The van der Waals surface area contributed by atoms with Crippen LogP contribution in [0.1, 0.15) is 69.3 Å². The van der Waals surface area contributed by atoms with E-state index in [0.29, 0.717) is 6.42 Å². The van der Waals surface area contributed by atoms with Gasteiger partial charge in [0, 0.05) is 5.56 Å². The van der Waals surface area contributed by atoms with E-state index in [-0.39, 0.29) is 17.2 Å². The standard InChI is InChI=1S/C21H27BrO3/c1-14-13-21(4,11-10-16(14)12-18(23)25-5)17-8-6-15(7-9-17)19(24)20(2,3)22/h6-9H,10-13H2,1-5H3. The molecular weight excluding hydrogens is 380 g/mol. The molecule has 1 unspecified atom stereocenters. The lowest BCUT2D eigenvalue weighted by Crippen LogP contribution is -2.27. The van der Waals surface area contributed by atoms with Crippen LogP contribution in [0.15, 0.2) is 35.4 Å².